The normalized spacial score (nSPS) is 10.2. The van der Waals surface area contributed by atoms with Gasteiger partial charge in [0.2, 0.25) is 0 Å². The molecular formula is C20H36O4Sn. The van der Waals surface area contributed by atoms with Crippen LogP contribution in [-0.4, -0.2) is 33.1 Å². The third-order valence-electron chi connectivity index (χ3n) is 3.77. The first-order chi connectivity index (χ1) is 12.0. The second-order valence-corrected chi connectivity index (χ2v) is 10.5. The van der Waals surface area contributed by atoms with Gasteiger partial charge in [0.05, 0.1) is 11.9 Å². The summed E-state index contributed by atoms with van der Waals surface area (Å²) in [5.74, 6) is -3.09. The smallest absolute Gasteiger partial charge is 0.0643 e. The molecule has 0 unspecified atom stereocenters. The monoisotopic (exact) mass is 460 g/mol. The molecule has 0 saturated carbocycles. The van der Waals surface area contributed by atoms with Gasteiger partial charge < -0.3 is 19.8 Å². The van der Waals surface area contributed by atoms with Crippen LogP contribution in [0, 0.1) is 0 Å². The van der Waals surface area contributed by atoms with E-state index in [9.17, 15) is 19.8 Å². The van der Waals surface area contributed by atoms with Crippen LogP contribution in [0.25, 0.3) is 0 Å². The van der Waals surface area contributed by atoms with Crippen LogP contribution in [0.5, 0.6) is 0 Å². The van der Waals surface area contributed by atoms with Crippen molar-refractivity contribution in [2.24, 2.45) is 0 Å². The zero-order valence-electron chi connectivity index (χ0n) is 16.2. The topological polar surface area (TPSA) is 80.3 Å². The number of unbranched alkanes of at least 4 members (excludes halogenated alkanes) is 10. The van der Waals surface area contributed by atoms with Crippen molar-refractivity contribution in [1.29, 1.82) is 0 Å². The van der Waals surface area contributed by atoms with E-state index in [1.807, 2.05) is 0 Å². The van der Waals surface area contributed by atoms with E-state index in [1.165, 1.54) is 64.2 Å². The van der Waals surface area contributed by atoms with Crippen molar-refractivity contribution in [3.63, 3.8) is 0 Å². The van der Waals surface area contributed by atoms with Crippen molar-refractivity contribution in [2.45, 2.75) is 99.8 Å². The molecule has 0 aromatic carbocycles. The summed E-state index contributed by atoms with van der Waals surface area (Å²) in [6, 6.07) is 0. The maximum Gasteiger partial charge on any atom is 0.0643 e. The van der Waals surface area contributed by atoms with Gasteiger partial charge in [-0.2, -0.15) is 0 Å². The number of carbonyl (C=O) groups is 2. The van der Waals surface area contributed by atoms with Crippen LogP contribution in [0.2, 0.25) is 8.87 Å². The van der Waals surface area contributed by atoms with E-state index in [0.29, 0.717) is 12.2 Å². The van der Waals surface area contributed by atoms with Gasteiger partial charge in [0.25, 0.3) is 0 Å². The summed E-state index contributed by atoms with van der Waals surface area (Å²) < 4.78 is 3.31. The van der Waals surface area contributed by atoms with Gasteiger partial charge in [-0.1, -0.05) is 0 Å². The molecule has 0 amide bonds. The maximum atomic E-state index is 9.41. The molecular weight excluding hydrogens is 423 g/mol. The van der Waals surface area contributed by atoms with E-state index >= 15 is 0 Å². The Bertz CT molecular complexity index is 300. The van der Waals surface area contributed by atoms with E-state index < -0.39 is 11.9 Å². The van der Waals surface area contributed by atoms with Crippen molar-refractivity contribution in [2.75, 3.05) is 0 Å². The fraction of sp³-hybridized carbons (Fsp3) is 0.800. The molecule has 0 aliphatic rings. The second-order valence-electron chi connectivity index (χ2n) is 6.26. The minimum absolute atomic E-state index is 0.0736. The average molecular weight is 459 g/mol. The van der Waals surface area contributed by atoms with Crippen LogP contribution >= 0.6 is 0 Å². The van der Waals surface area contributed by atoms with Crippen LogP contribution in [-0.2, 0) is 9.59 Å². The van der Waals surface area contributed by atoms with Gasteiger partial charge in [0.15, 0.2) is 0 Å². The van der Waals surface area contributed by atoms with Gasteiger partial charge in [-0.05, 0) is 12.2 Å². The molecule has 144 valence electrons. The molecule has 0 spiro atoms. The summed E-state index contributed by atoms with van der Waals surface area (Å²) in [4.78, 5) is 18.8. The number of aliphatic carboxylic acids is 2. The number of carboxylic acids is 2. The molecule has 0 rings (SSSR count). The zero-order chi connectivity index (χ0) is 19.2. The van der Waals surface area contributed by atoms with Crippen molar-refractivity contribution in [1.82, 2.24) is 0 Å². The van der Waals surface area contributed by atoms with E-state index in [1.54, 1.807) is 21.7 Å². The van der Waals surface area contributed by atoms with Gasteiger partial charge in [-0.15, -0.1) is 0 Å². The van der Waals surface area contributed by atoms with E-state index in [2.05, 4.69) is 13.8 Å². The first-order valence-electron chi connectivity index (χ1n) is 9.85. The third-order valence-corrected chi connectivity index (χ3v) is 7.81. The van der Waals surface area contributed by atoms with Crippen LogP contribution in [0.15, 0.2) is 12.2 Å². The molecule has 4 nitrogen and oxygen atoms in total. The van der Waals surface area contributed by atoms with Crippen LogP contribution < -0.4 is 10.2 Å². The number of hydrogen-bond acceptors (Lipinski definition) is 4. The van der Waals surface area contributed by atoms with Crippen molar-refractivity contribution < 1.29 is 19.8 Å². The van der Waals surface area contributed by atoms with Crippen molar-refractivity contribution in [3.05, 3.63) is 12.2 Å². The first kappa shape index (κ1) is 26.7. The minimum Gasteiger partial charge on any atom is -0.545 e. The average Bonchev–Trinajstić information content (AvgIpc) is 2.58. The standard InChI is InChI=1S/2C8H17.C4H4O4.Sn/c2*1-3-5-7-8-6-4-2;5-3(6)1-2-4(7)8;/h2*1,3-8H2,2H3;1-2H,(H,5,6)(H,7,8);/q;;;+2/p-2. The predicted octanol–water partition coefficient (Wildman–Crippen LogP) is 3.29. The van der Waals surface area contributed by atoms with Crippen molar-refractivity contribution in [3.8, 4) is 0 Å². The zero-order valence-corrected chi connectivity index (χ0v) is 19.0. The number of hydrogen-bond donors (Lipinski definition) is 0. The Balaban J connectivity index is 0. The van der Waals surface area contributed by atoms with Gasteiger partial charge >= 0.3 is 121 Å². The van der Waals surface area contributed by atoms with Gasteiger partial charge in [0, 0.05) is 0 Å². The molecule has 0 heterocycles. The molecule has 0 aromatic rings. The van der Waals surface area contributed by atoms with Gasteiger partial charge in [-0.25, -0.2) is 0 Å². The minimum atomic E-state index is -1.55. The largest absolute Gasteiger partial charge is 0.545 e. The summed E-state index contributed by atoms with van der Waals surface area (Å²) >= 11 is 0.0736. The first-order valence-corrected chi connectivity index (χ1v) is 13.9. The fourth-order valence-corrected chi connectivity index (χ4v) is 5.89. The number of carbonyl (C=O) groups excluding carboxylic acids is 2. The summed E-state index contributed by atoms with van der Waals surface area (Å²) in [6.45, 7) is 4.60. The molecule has 0 bridgehead atoms. The van der Waals surface area contributed by atoms with Gasteiger partial charge in [0.1, 0.15) is 0 Å². The molecule has 0 atom stereocenters. The maximum absolute atomic E-state index is 9.41. The molecule has 0 fully saturated rings. The molecule has 0 aliphatic carbocycles. The summed E-state index contributed by atoms with van der Waals surface area (Å²) in [5.41, 5.74) is 0. The molecule has 0 aromatic heterocycles. The molecule has 0 saturated heterocycles. The SMILES string of the molecule is CCCCCCC[CH2][Sn+2][CH2]CCCCCCC.O=C([O-])C=CC(=O)[O-]. The van der Waals surface area contributed by atoms with Crippen LogP contribution in [0.3, 0.4) is 0 Å². The summed E-state index contributed by atoms with van der Waals surface area (Å²) in [6.07, 6.45) is 18.6. The number of carboxylic acid groups (broad SMARTS) is 2. The molecule has 5 heteroatoms. The summed E-state index contributed by atoms with van der Waals surface area (Å²) in [7, 11) is 0. The van der Waals surface area contributed by atoms with Crippen LogP contribution in [0.4, 0.5) is 0 Å². The van der Waals surface area contributed by atoms with Gasteiger partial charge in [-0.3, -0.25) is 0 Å². The molecule has 0 radical (unpaired) electrons. The Morgan fingerprint density at radius 2 is 0.960 bits per heavy atom. The molecule has 0 aliphatic heterocycles. The molecule has 25 heavy (non-hydrogen) atoms. The fourth-order valence-electron chi connectivity index (χ4n) is 2.32. The Morgan fingerprint density at radius 1 is 0.640 bits per heavy atom. The second kappa shape index (κ2) is 23.5. The Labute approximate surface area is 164 Å². The third kappa shape index (κ3) is 31.7. The van der Waals surface area contributed by atoms with E-state index in [0.717, 1.165) is 0 Å². The predicted molar refractivity (Wildman–Crippen MR) is 101 cm³/mol. The Hall–Kier alpha value is -0.521. The van der Waals surface area contributed by atoms with Crippen LogP contribution in [0.1, 0.15) is 90.9 Å². The quantitative estimate of drug-likeness (QED) is 0.202. The summed E-state index contributed by atoms with van der Waals surface area (Å²) in [5, 5.41) is 18.8. The molecule has 0 N–H and O–H groups in total. The van der Waals surface area contributed by atoms with E-state index in [-0.39, 0.29) is 21.1 Å². The Kier molecular flexibility index (Phi) is 25.1. The van der Waals surface area contributed by atoms with Crippen molar-refractivity contribution >= 4 is 33.1 Å². The van der Waals surface area contributed by atoms with E-state index in [4.69, 9.17) is 0 Å². The Morgan fingerprint density at radius 3 is 1.28 bits per heavy atom. The number of rotatable bonds is 16.